The van der Waals surface area contributed by atoms with Gasteiger partial charge in [-0.05, 0) is 37.7 Å². The van der Waals surface area contributed by atoms with Gasteiger partial charge in [-0.1, -0.05) is 76.8 Å². The van der Waals surface area contributed by atoms with Crippen LogP contribution in [-0.2, 0) is 30.3 Å². The molecule has 1 aromatic carbocycles. The Bertz CT molecular complexity index is 811. The normalized spacial score (nSPS) is 26.7. The van der Waals surface area contributed by atoms with Gasteiger partial charge < -0.3 is 19.5 Å². The fraction of sp³-hybridized carbons (Fsp3) is 0.679. The van der Waals surface area contributed by atoms with Crippen molar-refractivity contribution >= 4 is 17.8 Å². The number of carbonyl (C=O) groups excluding carboxylic acids is 3. The first-order valence-electron chi connectivity index (χ1n) is 13.0. The molecule has 0 saturated carbocycles. The lowest BCUT2D eigenvalue weighted by molar-refractivity contribution is -0.176. The Hall–Kier alpha value is -2.41. The fourth-order valence-corrected chi connectivity index (χ4v) is 4.49. The molecule has 1 aliphatic rings. The average molecular weight is 490 g/mol. The molecule has 196 valence electrons. The number of hydrogen-bond acceptors (Lipinski definition) is 6. The second kappa shape index (κ2) is 14.2. The number of rotatable bonds is 9. The van der Waals surface area contributed by atoms with E-state index in [1.54, 1.807) is 14.0 Å². The third kappa shape index (κ3) is 8.64. The number of aliphatic hydroxyl groups is 1. The van der Waals surface area contributed by atoms with Crippen molar-refractivity contribution < 1.29 is 29.0 Å². The number of carbonyl (C=O) groups is 3. The summed E-state index contributed by atoms with van der Waals surface area (Å²) in [6, 6.07) is 8.81. The summed E-state index contributed by atoms with van der Waals surface area (Å²) in [5, 5.41) is 11.1. The molecule has 0 bridgehead atoms. The van der Waals surface area contributed by atoms with Crippen molar-refractivity contribution in [3.05, 3.63) is 35.9 Å². The first kappa shape index (κ1) is 28.8. The van der Waals surface area contributed by atoms with Crippen LogP contribution in [0.5, 0.6) is 0 Å². The number of cyclic esters (lactones) is 2. The molecule has 2 rings (SSSR count). The molecule has 35 heavy (non-hydrogen) atoms. The topological polar surface area (TPSA) is 93.1 Å². The molecule has 1 fully saturated rings. The quantitative estimate of drug-likeness (QED) is 0.411. The molecular weight excluding hydrogens is 446 g/mol. The highest BCUT2D eigenvalue weighted by Gasteiger charge is 2.39. The molecule has 0 radical (unpaired) electrons. The van der Waals surface area contributed by atoms with Gasteiger partial charge in [0.25, 0.3) is 5.91 Å². The standard InChI is InChI=1S/C28H43NO6/c1-6-7-8-9-13-16-24-20(4)28(33)35-26(19(2)3)27(32)29(5)22(23(30)18-25(31)34-24)17-21-14-11-10-12-15-21/h10-12,14-15,19-20,22-24,26,30H,6-9,13,16-18H2,1-5H3/t20-,22-,23-,24+,26-/m0/s1. The molecular formula is C28H43NO6. The lowest BCUT2D eigenvalue weighted by Crippen LogP contribution is -2.53. The molecule has 1 heterocycles. The number of likely N-dealkylation sites (N-methyl/N-ethyl adjacent to an activating group) is 1. The van der Waals surface area contributed by atoms with Crippen molar-refractivity contribution in [2.24, 2.45) is 11.8 Å². The second-order valence-corrected chi connectivity index (χ2v) is 10.1. The Kier molecular flexibility index (Phi) is 11.7. The highest BCUT2D eigenvalue weighted by Crippen LogP contribution is 2.24. The summed E-state index contributed by atoms with van der Waals surface area (Å²) < 4.78 is 11.5. The zero-order valence-electron chi connectivity index (χ0n) is 21.9. The average Bonchev–Trinajstić information content (AvgIpc) is 2.83. The van der Waals surface area contributed by atoms with E-state index in [0.717, 1.165) is 37.7 Å². The highest BCUT2D eigenvalue weighted by molar-refractivity contribution is 5.85. The molecule has 0 spiro atoms. The number of unbranched alkanes of at least 4 members (excludes halogenated alkanes) is 4. The Morgan fingerprint density at radius 3 is 2.31 bits per heavy atom. The summed E-state index contributed by atoms with van der Waals surface area (Å²) in [6.45, 7) is 7.48. The van der Waals surface area contributed by atoms with Gasteiger partial charge in [-0.3, -0.25) is 14.4 Å². The minimum atomic E-state index is -1.12. The number of nitrogens with zero attached hydrogens (tertiary/aromatic N) is 1. The van der Waals surface area contributed by atoms with Crippen LogP contribution in [0.4, 0.5) is 0 Å². The Balaban J connectivity index is 2.31. The van der Waals surface area contributed by atoms with Gasteiger partial charge in [0.15, 0.2) is 6.10 Å². The van der Waals surface area contributed by atoms with Crippen LogP contribution >= 0.6 is 0 Å². The molecule has 0 unspecified atom stereocenters. The third-order valence-electron chi connectivity index (χ3n) is 6.85. The number of hydrogen-bond donors (Lipinski definition) is 1. The Labute approximate surface area is 210 Å². The van der Waals surface area contributed by atoms with Crippen LogP contribution in [-0.4, -0.2) is 59.3 Å². The van der Waals surface area contributed by atoms with Crippen LogP contribution in [0, 0.1) is 11.8 Å². The summed E-state index contributed by atoms with van der Waals surface area (Å²) in [5.74, 6) is -2.46. The van der Waals surface area contributed by atoms with Gasteiger partial charge in [-0.15, -0.1) is 0 Å². The molecule has 7 nitrogen and oxygen atoms in total. The van der Waals surface area contributed by atoms with Gasteiger partial charge in [0, 0.05) is 7.05 Å². The van der Waals surface area contributed by atoms with E-state index in [0.29, 0.717) is 12.8 Å². The molecule has 1 aromatic rings. The molecule has 0 aliphatic carbocycles. The molecule has 1 N–H and O–H groups in total. The number of benzene rings is 1. The van der Waals surface area contributed by atoms with Gasteiger partial charge in [-0.25, -0.2) is 0 Å². The lowest BCUT2D eigenvalue weighted by atomic mass is 9.95. The van der Waals surface area contributed by atoms with E-state index in [1.807, 2.05) is 44.2 Å². The van der Waals surface area contributed by atoms with Crippen molar-refractivity contribution in [2.75, 3.05) is 7.05 Å². The molecule has 1 amide bonds. The largest absolute Gasteiger partial charge is 0.461 e. The number of esters is 2. The van der Waals surface area contributed by atoms with E-state index in [9.17, 15) is 19.5 Å². The van der Waals surface area contributed by atoms with Crippen molar-refractivity contribution in [3.63, 3.8) is 0 Å². The van der Waals surface area contributed by atoms with Crippen LogP contribution in [0.3, 0.4) is 0 Å². The van der Waals surface area contributed by atoms with E-state index in [2.05, 4.69) is 6.92 Å². The predicted molar refractivity (Wildman–Crippen MR) is 134 cm³/mol. The van der Waals surface area contributed by atoms with E-state index in [-0.39, 0.29) is 18.2 Å². The molecule has 1 aliphatic heterocycles. The monoisotopic (exact) mass is 489 g/mol. The Morgan fingerprint density at radius 2 is 1.69 bits per heavy atom. The summed E-state index contributed by atoms with van der Waals surface area (Å²) in [4.78, 5) is 40.8. The van der Waals surface area contributed by atoms with Gasteiger partial charge in [0.2, 0.25) is 0 Å². The van der Waals surface area contributed by atoms with Crippen molar-refractivity contribution in [3.8, 4) is 0 Å². The first-order chi connectivity index (χ1) is 16.6. The zero-order chi connectivity index (χ0) is 26.0. The van der Waals surface area contributed by atoms with Crippen LogP contribution in [0.15, 0.2) is 30.3 Å². The molecule has 5 atom stereocenters. The van der Waals surface area contributed by atoms with E-state index < -0.39 is 42.2 Å². The summed E-state index contributed by atoms with van der Waals surface area (Å²) in [5.41, 5.74) is 0.924. The maximum absolute atomic E-state index is 13.5. The summed E-state index contributed by atoms with van der Waals surface area (Å²) >= 11 is 0. The minimum Gasteiger partial charge on any atom is -0.461 e. The third-order valence-corrected chi connectivity index (χ3v) is 6.85. The maximum Gasteiger partial charge on any atom is 0.313 e. The van der Waals surface area contributed by atoms with E-state index in [4.69, 9.17) is 9.47 Å². The second-order valence-electron chi connectivity index (χ2n) is 10.1. The number of amides is 1. The van der Waals surface area contributed by atoms with E-state index in [1.165, 1.54) is 4.90 Å². The van der Waals surface area contributed by atoms with Crippen LogP contribution in [0.1, 0.15) is 78.2 Å². The lowest BCUT2D eigenvalue weighted by Gasteiger charge is -2.36. The van der Waals surface area contributed by atoms with Gasteiger partial charge in [0.1, 0.15) is 6.10 Å². The first-order valence-corrected chi connectivity index (χ1v) is 13.0. The van der Waals surface area contributed by atoms with Gasteiger partial charge in [0.05, 0.1) is 24.5 Å². The van der Waals surface area contributed by atoms with E-state index >= 15 is 0 Å². The molecule has 0 aromatic heterocycles. The molecule has 1 saturated heterocycles. The van der Waals surface area contributed by atoms with Crippen LogP contribution in [0.25, 0.3) is 0 Å². The van der Waals surface area contributed by atoms with Gasteiger partial charge >= 0.3 is 11.9 Å². The number of ether oxygens (including phenoxy) is 2. The fourth-order valence-electron chi connectivity index (χ4n) is 4.49. The summed E-state index contributed by atoms with van der Waals surface area (Å²) in [7, 11) is 1.59. The van der Waals surface area contributed by atoms with Crippen LogP contribution in [0.2, 0.25) is 0 Å². The molecule has 7 heteroatoms. The number of aliphatic hydroxyl groups excluding tert-OH is 1. The smallest absolute Gasteiger partial charge is 0.313 e. The van der Waals surface area contributed by atoms with Gasteiger partial charge in [-0.2, -0.15) is 0 Å². The predicted octanol–water partition coefficient (Wildman–Crippen LogP) is 4.30. The Morgan fingerprint density at radius 1 is 1.03 bits per heavy atom. The van der Waals surface area contributed by atoms with Crippen molar-refractivity contribution in [1.82, 2.24) is 4.90 Å². The van der Waals surface area contributed by atoms with Crippen molar-refractivity contribution in [1.29, 1.82) is 0 Å². The van der Waals surface area contributed by atoms with Crippen LogP contribution < -0.4 is 0 Å². The zero-order valence-corrected chi connectivity index (χ0v) is 21.9. The summed E-state index contributed by atoms with van der Waals surface area (Å²) in [6.07, 6.45) is 3.04. The van der Waals surface area contributed by atoms with Crippen molar-refractivity contribution in [2.45, 2.75) is 103 Å². The maximum atomic E-state index is 13.5. The highest BCUT2D eigenvalue weighted by atomic mass is 16.6. The minimum absolute atomic E-state index is 0.254. The SMILES string of the molecule is CCCCCCC[C@H]1OC(=O)C[C@H](O)[C@H](Cc2ccccc2)N(C)C(=O)[C@H](C(C)C)OC(=O)[C@H]1C.